The maximum absolute atomic E-state index is 4.33. The lowest BCUT2D eigenvalue weighted by molar-refractivity contribution is 0.571. The Morgan fingerprint density at radius 3 is 2.54 bits per heavy atom. The van der Waals surface area contributed by atoms with Gasteiger partial charge in [0.05, 0.1) is 0 Å². The monoisotopic (exact) mass is 509 g/mol. The number of allylic oxidation sites excluding steroid dienone is 12. The molecule has 0 saturated carbocycles. The van der Waals surface area contributed by atoms with Crippen LogP contribution in [0.25, 0.3) is 16.3 Å². The topological polar surface area (TPSA) is 12.0 Å². The van der Waals surface area contributed by atoms with E-state index in [1.807, 2.05) is 6.08 Å². The van der Waals surface area contributed by atoms with E-state index in [9.17, 15) is 0 Å². The molecule has 1 N–H and O–H groups in total. The number of benzene rings is 3. The smallest absolute Gasteiger partial charge is 0.0460 e. The average molecular weight is 510 g/mol. The molecule has 0 aromatic heterocycles. The van der Waals surface area contributed by atoms with Crippen LogP contribution in [0, 0.1) is 0 Å². The van der Waals surface area contributed by atoms with Crippen LogP contribution >= 0.6 is 0 Å². The van der Waals surface area contributed by atoms with Gasteiger partial charge in [0.1, 0.15) is 0 Å². The van der Waals surface area contributed by atoms with Crippen molar-refractivity contribution < 1.29 is 0 Å². The maximum Gasteiger partial charge on any atom is 0.0460 e. The van der Waals surface area contributed by atoms with Crippen molar-refractivity contribution in [2.45, 2.75) is 51.9 Å². The van der Waals surface area contributed by atoms with Crippen molar-refractivity contribution in [2.24, 2.45) is 0 Å². The van der Waals surface area contributed by atoms with Gasteiger partial charge in [0.15, 0.2) is 0 Å². The molecule has 3 aromatic rings. The van der Waals surface area contributed by atoms with E-state index in [1.54, 1.807) is 0 Å². The summed E-state index contributed by atoms with van der Waals surface area (Å²) in [4.78, 5) is 0. The molecule has 0 bridgehead atoms. The number of rotatable bonds is 8. The summed E-state index contributed by atoms with van der Waals surface area (Å²) in [7, 11) is 0. The molecule has 0 aliphatic heterocycles. The summed E-state index contributed by atoms with van der Waals surface area (Å²) in [6, 6.07) is 24.0. The van der Waals surface area contributed by atoms with Crippen LogP contribution in [0.1, 0.15) is 57.6 Å². The summed E-state index contributed by atoms with van der Waals surface area (Å²) in [5.74, 6) is 0. The van der Waals surface area contributed by atoms with Crippen LogP contribution in [-0.2, 0) is 5.41 Å². The molecule has 2 aliphatic rings. The second kappa shape index (κ2) is 11.3. The van der Waals surface area contributed by atoms with Gasteiger partial charge in [-0.25, -0.2) is 0 Å². The number of hydrogen-bond donors (Lipinski definition) is 1. The zero-order valence-corrected chi connectivity index (χ0v) is 23.6. The van der Waals surface area contributed by atoms with E-state index in [1.165, 1.54) is 49.8 Å². The fraction of sp³-hybridized carbons (Fsp3) is 0.211. The minimum atomic E-state index is -0.179. The molecular formula is C38H39N. The summed E-state index contributed by atoms with van der Waals surface area (Å²) >= 11 is 0. The average Bonchev–Trinajstić information content (AvgIpc) is 3.18. The molecule has 2 aliphatic carbocycles. The van der Waals surface area contributed by atoms with Crippen molar-refractivity contribution in [3.8, 4) is 0 Å². The first-order valence-electron chi connectivity index (χ1n) is 14.0. The molecule has 196 valence electrons. The number of fused-ring (bicyclic) bond motifs is 3. The molecule has 1 atom stereocenters. The first-order valence-corrected chi connectivity index (χ1v) is 14.0. The Labute approximate surface area is 234 Å². The SMILES string of the molecule is C=CCCC1=C(C)C2(C/C(=C\C=C(/C)Nc3ccc4ccccc4c3)CC(/C=C\C)=C2C=C)c2ccccc21. The molecule has 1 nitrogen and oxygen atoms in total. The predicted molar refractivity (Wildman–Crippen MR) is 171 cm³/mol. The Morgan fingerprint density at radius 2 is 1.77 bits per heavy atom. The van der Waals surface area contributed by atoms with Crippen molar-refractivity contribution in [2.75, 3.05) is 5.32 Å². The van der Waals surface area contributed by atoms with Gasteiger partial charge in [0, 0.05) is 16.8 Å². The van der Waals surface area contributed by atoms with Crippen LogP contribution in [0.3, 0.4) is 0 Å². The van der Waals surface area contributed by atoms with Crippen LogP contribution in [0.2, 0.25) is 0 Å². The molecule has 1 unspecified atom stereocenters. The highest BCUT2D eigenvalue weighted by molar-refractivity contribution is 5.86. The highest BCUT2D eigenvalue weighted by atomic mass is 14.9. The van der Waals surface area contributed by atoms with Crippen LogP contribution in [-0.4, -0.2) is 0 Å². The largest absolute Gasteiger partial charge is 0.359 e. The van der Waals surface area contributed by atoms with Gasteiger partial charge < -0.3 is 5.32 Å². The van der Waals surface area contributed by atoms with Crippen LogP contribution in [0.15, 0.2) is 144 Å². The third-order valence-corrected chi connectivity index (χ3v) is 8.35. The lowest BCUT2D eigenvalue weighted by Crippen LogP contribution is -2.32. The van der Waals surface area contributed by atoms with Crippen LogP contribution in [0.4, 0.5) is 5.69 Å². The van der Waals surface area contributed by atoms with Gasteiger partial charge in [-0.3, -0.25) is 0 Å². The highest BCUT2D eigenvalue weighted by Crippen LogP contribution is 2.58. The fourth-order valence-electron chi connectivity index (χ4n) is 6.59. The summed E-state index contributed by atoms with van der Waals surface area (Å²) in [6.45, 7) is 14.9. The van der Waals surface area contributed by atoms with Gasteiger partial charge in [-0.1, -0.05) is 103 Å². The van der Waals surface area contributed by atoms with Gasteiger partial charge in [-0.2, -0.15) is 0 Å². The van der Waals surface area contributed by atoms with Gasteiger partial charge in [-0.05, 0) is 103 Å². The minimum absolute atomic E-state index is 0.179. The molecule has 0 heterocycles. The first kappa shape index (κ1) is 26.5. The Bertz CT molecular complexity index is 1590. The van der Waals surface area contributed by atoms with Crippen molar-refractivity contribution in [3.63, 3.8) is 0 Å². The Morgan fingerprint density at radius 1 is 1.00 bits per heavy atom. The summed E-state index contributed by atoms with van der Waals surface area (Å²) in [6.07, 6.45) is 17.1. The van der Waals surface area contributed by atoms with Crippen LogP contribution in [0.5, 0.6) is 0 Å². The zero-order chi connectivity index (χ0) is 27.4. The molecule has 5 rings (SSSR count). The second-order valence-corrected chi connectivity index (χ2v) is 10.7. The summed E-state index contributed by atoms with van der Waals surface area (Å²) in [5.41, 5.74) is 11.9. The van der Waals surface area contributed by atoms with E-state index in [0.717, 1.165) is 37.1 Å². The first-order chi connectivity index (χ1) is 19.0. The minimum Gasteiger partial charge on any atom is -0.359 e. The highest BCUT2D eigenvalue weighted by Gasteiger charge is 2.47. The van der Waals surface area contributed by atoms with E-state index in [2.05, 4.69) is 136 Å². The van der Waals surface area contributed by atoms with Gasteiger partial charge >= 0.3 is 0 Å². The molecule has 3 aromatic carbocycles. The predicted octanol–water partition coefficient (Wildman–Crippen LogP) is 10.6. The Balaban J connectivity index is 1.55. The van der Waals surface area contributed by atoms with Crippen molar-refractivity contribution in [1.82, 2.24) is 0 Å². The lowest BCUT2D eigenvalue weighted by Gasteiger charge is -2.40. The van der Waals surface area contributed by atoms with E-state index in [0.29, 0.717) is 0 Å². The summed E-state index contributed by atoms with van der Waals surface area (Å²) in [5, 5.41) is 6.10. The maximum atomic E-state index is 4.33. The number of nitrogens with one attached hydrogen (secondary N) is 1. The van der Waals surface area contributed by atoms with E-state index in [4.69, 9.17) is 0 Å². The standard InChI is InChI=1S/C38H39N/c1-6-9-17-34-28(5)38(37-19-13-12-18-35(34)37)26-29(24-32(14-7-2)36(38)8-3)21-20-27(4)39-33-23-22-30-15-10-11-16-31(30)25-33/h6-8,10-16,18-23,25,39H,1,3,9,17,24,26H2,2,4-5H3/b14-7-,27-20+,29-21-. The third-order valence-electron chi connectivity index (χ3n) is 8.35. The van der Waals surface area contributed by atoms with E-state index in [-0.39, 0.29) is 5.41 Å². The van der Waals surface area contributed by atoms with Gasteiger partial charge in [0.25, 0.3) is 0 Å². The fourth-order valence-corrected chi connectivity index (χ4v) is 6.59. The molecular weight excluding hydrogens is 470 g/mol. The number of hydrogen-bond acceptors (Lipinski definition) is 1. The lowest BCUT2D eigenvalue weighted by atomic mass is 9.62. The van der Waals surface area contributed by atoms with E-state index < -0.39 is 0 Å². The molecule has 0 fully saturated rings. The molecule has 39 heavy (non-hydrogen) atoms. The Kier molecular flexibility index (Phi) is 7.70. The molecule has 0 radical (unpaired) electrons. The van der Waals surface area contributed by atoms with Crippen molar-refractivity contribution in [3.05, 3.63) is 155 Å². The normalized spacial score (nSPS) is 20.4. The second-order valence-electron chi connectivity index (χ2n) is 10.7. The summed E-state index contributed by atoms with van der Waals surface area (Å²) < 4.78 is 0. The van der Waals surface area contributed by atoms with E-state index >= 15 is 0 Å². The van der Waals surface area contributed by atoms with Gasteiger partial charge in [-0.15, -0.1) is 6.58 Å². The van der Waals surface area contributed by atoms with Crippen molar-refractivity contribution in [1.29, 1.82) is 0 Å². The molecule has 1 heteroatoms. The molecule has 1 spiro atoms. The number of anilines is 1. The molecule has 0 saturated heterocycles. The quantitative estimate of drug-likeness (QED) is 0.298. The Hall–Kier alpha value is -4.10. The third kappa shape index (κ3) is 4.90. The van der Waals surface area contributed by atoms with Gasteiger partial charge in [0.2, 0.25) is 0 Å². The van der Waals surface area contributed by atoms with Crippen molar-refractivity contribution >= 4 is 22.0 Å². The van der Waals surface area contributed by atoms with Crippen LogP contribution < -0.4 is 5.32 Å². The zero-order valence-electron chi connectivity index (χ0n) is 23.6. The molecule has 0 amide bonds.